The summed E-state index contributed by atoms with van der Waals surface area (Å²) in [4.78, 5) is 13.5. The number of primary sulfonamides is 1. The third-order valence-corrected chi connectivity index (χ3v) is 5.48. The van der Waals surface area contributed by atoms with Crippen molar-refractivity contribution >= 4 is 21.6 Å². The van der Waals surface area contributed by atoms with Gasteiger partial charge in [-0.05, 0) is 51.1 Å². The van der Waals surface area contributed by atoms with Crippen LogP contribution in [-0.2, 0) is 14.8 Å². The highest BCUT2D eigenvalue weighted by Gasteiger charge is 2.54. The van der Waals surface area contributed by atoms with Crippen molar-refractivity contribution < 1.29 is 26.4 Å². The standard InChI is InChI=1S/C15H20F3N3O3S/c1-14(2)12(15(16,17)18)7-8-21(14)9-13(22)20-10-3-5-11(6-4-10)25(19,23)24/h3-6,12H,7-9H2,1-2H3,(H,20,22)(H2,19,23,24)/t12-/m1/s1. The number of hydrogen-bond donors (Lipinski definition) is 2. The Morgan fingerprint density at radius 2 is 1.88 bits per heavy atom. The van der Waals surface area contributed by atoms with Gasteiger partial charge in [0, 0.05) is 11.2 Å². The molecule has 1 aromatic rings. The molecule has 1 aliphatic heterocycles. The lowest BCUT2D eigenvalue weighted by molar-refractivity contribution is -0.191. The topological polar surface area (TPSA) is 92.5 Å². The first-order valence-corrected chi connectivity index (χ1v) is 9.11. The minimum atomic E-state index is -4.31. The van der Waals surface area contributed by atoms with Gasteiger partial charge in [0.05, 0.1) is 17.4 Å². The molecule has 2 rings (SSSR count). The van der Waals surface area contributed by atoms with E-state index in [1.165, 1.54) is 43.0 Å². The number of carbonyl (C=O) groups excluding carboxylic acids is 1. The fraction of sp³-hybridized carbons (Fsp3) is 0.533. The summed E-state index contributed by atoms with van der Waals surface area (Å²) in [6, 6.07) is 5.21. The zero-order valence-corrected chi connectivity index (χ0v) is 14.6. The van der Waals surface area contributed by atoms with E-state index in [4.69, 9.17) is 5.14 Å². The van der Waals surface area contributed by atoms with Gasteiger partial charge in [-0.3, -0.25) is 9.69 Å². The molecule has 0 saturated carbocycles. The lowest BCUT2D eigenvalue weighted by Gasteiger charge is -2.36. The summed E-state index contributed by atoms with van der Waals surface area (Å²) in [7, 11) is -3.83. The van der Waals surface area contributed by atoms with Crippen molar-refractivity contribution in [1.29, 1.82) is 0 Å². The van der Waals surface area contributed by atoms with Crippen LogP contribution in [0, 0.1) is 5.92 Å². The molecule has 1 fully saturated rings. The normalized spacial score (nSPS) is 21.3. The Kier molecular flexibility index (Phi) is 5.18. The third-order valence-electron chi connectivity index (χ3n) is 4.55. The molecule has 0 unspecified atom stereocenters. The van der Waals surface area contributed by atoms with E-state index in [9.17, 15) is 26.4 Å². The highest BCUT2D eigenvalue weighted by molar-refractivity contribution is 7.89. The molecule has 0 spiro atoms. The van der Waals surface area contributed by atoms with E-state index in [-0.39, 0.29) is 24.4 Å². The van der Waals surface area contributed by atoms with Gasteiger partial charge in [0.15, 0.2) is 0 Å². The van der Waals surface area contributed by atoms with Crippen LogP contribution >= 0.6 is 0 Å². The van der Waals surface area contributed by atoms with E-state index in [1.807, 2.05) is 0 Å². The number of anilines is 1. The molecule has 10 heteroatoms. The van der Waals surface area contributed by atoms with Crippen LogP contribution in [0.4, 0.5) is 18.9 Å². The van der Waals surface area contributed by atoms with Crippen LogP contribution in [0.1, 0.15) is 20.3 Å². The number of hydrogen-bond acceptors (Lipinski definition) is 4. The molecule has 6 nitrogen and oxygen atoms in total. The van der Waals surface area contributed by atoms with Crippen molar-refractivity contribution in [2.45, 2.75) is 36.9 Å². The van der Waals surface area contributed by atoms with Gasteiger partial charge < -0.3 is 5.32 Å². The first kappa shape index (κ1) is 19.7. The van der Waals surface area contributed by atoms with Crippen LogP contribution in [0.2, 0.25) is 0 Å². The van der Waals surface area contributed by atoms with E-state index in [2.05, 4.69) is 5.32 Å². The monoisotopic (exact) mass is 379 g/mol. The Morgan fingerprint density at radius 1 is 1.32 bits per heavy atom. The molecule has 0 radical (unpaired) electrons. The second-order valence-electron chi connectivity index (χ2n) is 6.58. The molecule has 0 aliphatic carbocycles. The van der Waals surface area contributed by atoms with Gasteiger partial charge >= 0.3 is 6.18 Å². The molecule has 1 aliphatic rings. The second kappa shape index (κ2) is 6.58. The van der Waals surface area contributed by atoms with Crippen LogP contribution in [-0.4, -0.2) is 44.0 Å². The molecule has 1 saturated heterocycles. The summed E-state index contributed by atoms with van der Waals surface area (Å²) >= 11 is 0. The number of carbonyl (C=O) groups is 1. The Bertz CT molecular complexity index is 746. The van der Waals surface area contributed by atoms with E-state index < -0.39 is 33.6 Å². The molecule has 140 valence electrons. The van der Waals surface area contributed by atoms with E-state index in [0.717, 1.165) is 0 Å². The van der Waals surface area contributed by atoms with Crippen LogP contribution in [0.15, 0.2) is 29.2 Å². The molecule has 0 bridgehead atoms. The van der Waals surface area contributed by atoms with E-state index >= 15 is 0 Å². The quantitative estimate of drug-likeness (QED) is 0.836. The van der Waals surface area contributed by atoms with Gasteiger partial charge in [-0.1, -0.05) is 0 Å². The van der Waals surface area contributed by atoms with Crippen molar-refractivity contribution in [3.05, 3.63) is 24.3 Å². The number of benzene rings is 1. The SMILES string of the molecule is CC1(C)[C@H](C(F)(F)F)CCN1CC(=O)Nc1ccc(S(N)(=O)=O)cc1. The number of rotatable bonds is 4. The second-order valence-corrected chi connectivity index (χ2v) is 8.14. The number of halogens is 3. The van der Waals surface area contributed by atoms with Gasteiger partial charge in [-0.2, -0.15) is 13.2 Å². The van der Waals surface area contributed by atoms with Gasteiger partial charge in [-0.25, -0.2) is 13.6 Å². The van der Waals surface area contributed by atoms with Gasteiger partial charge in [0.1, 0.15) is 0 Å². The molecular weight excluding hydrogens is 359 g/mol. The Balaban J connectivity index is 2.01. The average molecular weight is 379 g/mol. The summed E-state index contributed by atoms with van der Waals surface area (Å²) in [5.74, 6) is -1.96. The largest absolute Gasteiger partial charge is 0.393 e. The van der Waals surface area contributed by atoms with Crippen molar-refractivity contribution in [1.82, 2.24) is 4.90 Å². The fourth-order valence-electron chi connectivity index (χ4n) is 3.10. The summed E-state index contributed by atoms with van der Waals surface area (Å²) in [6.07, 6.45) is -4.36. The molecule has 1 heterocycles. The number of likely N-dealkylation sites (tertiary alicyclic amines) is 1. The lowest BCUT2D eigenvalue weighted by Crippen LogP contribution is -2.49. The molecule has 3 N–H and O–H groups in total. The number of amides is 1. The van der Waals surface area contributed by atoms with Crippen molar-refractivity contribution in [2.75, 3.05) is 18.4 Å². The molecule has 0 aromatic heterocycles. The zero-order valence-electron chi connectivity index (χ0n) is 13.8. The first-order chi connectivity index (χ1) is 11.3. The van der Waals surface area contributed by atoms with Crippen LogP contribution in [0.5, 0.6) is 0 Å². The maximum atomic E-state index is 13.1. The van der Waals surface area contributed by atoms with Gasteiger partial charge in [0.2, 0.25) is 15.9 Å². The minimum absolute atomic E-state index is 0.0488. The Hall–Kier alpha value is -1.65. The van der Waals surface area contributed by atoms with Crippen molar-refractivity contribution in [2.24, 2.45) is 11.1 Å². The van der Waals surface area contributed by atoms with E-state index in [0.29, 0.717) is 5.69 Å². The number of nitrogens with zero attached hydrogens (tertiary/aromatic N) is 1. The predicted octanol–water partition coefficient (Wildman–Crippen LogP) is 1.94. The summed E-state index contributed by atoms with van der Waals surface area (Å²) < 4.78 is 61.5. The van der Waals surface area contributed by atoms with Crippen LogP contribution in [0.3, 0.4) is 0 Å². The van der Waals surface area contributed by atoms with Crippen LogP contribution < -0.4 is 10.5 Å². The van der Waals surface area contributed by atoms with Crippen molar-refractivity contribution in [3.63, 3.8) is 0 Å². The van der Waals surface area contributed by atoms with Gasteiger partial charge in [-0.15, -0.1) is 0 Å². The Morgan fingerprint density at radius 3 is 2.32 bits per heavy atom. The maximum Gasteiger partial charge on any atom is 0.393 e. The lowest BCUT2D eigenvalue weighted by atomic mass is 9.88. The number of sulfonamides is 1. The number of nitrogens with one attached hydrogen (secondary N) is 1. The highest BCUT2D eigenvalue weighted by Crippen LogP contribution is 2.44. The molecule has 1 amide bonds. The molecule has 1 aromatic carbocycles. The van der Waals surface area contributed by atoms with Crippen LogP contribution in [0.25, 0.3) is 0 Å². The number of alkyl halides is 3. The summed E-state index contributed by atoms with van der Waals surface area (Å²) in [5.41, 5.74) is -0.839. The highest BCUT2D eigenvalue weighted by atomic mass is 32.2. The minimum Gasteiger partial charge on any atom is -0.325 e. The van der Waals surface area contributed by atoms with Crippen molar-refractivity contribution in [3.8, 4) is 0 Å². The first-order valence-electron chi connectivity index (χ1n) is 7.56. The fourth-order valence-corrected chi connectivity index (χ4v) is 3.61. The molecular formula is C15H20F3N3O3S. The van der Waals surface area contributed by atoms with Gasteiger partial charge in [0.25, 0.3) is 0 Å². The van der Waals surface area contributed by atoms with E-state index in [1.54, 1.807) is 0 Å². The Labute approximate surface area is 144 Å². The molecule has 25 heavy (non-hydrogen) atoms. The average Bonchev–Trinajstić information content (AvgIpc) is 2.73. The summed E-state index contributed by atoms with van der Waals surface area (Å²) in [5, 5.41) is 7.52. The molecule has 1 atom stereocenters. The number of nitrogens with two attached hydrogens (primary N) is 1. The zero-order chi connectivity index (χ0) is 19.0. The maximum absolute atomic E-state index is 13.1. The predicted molar refractivity (Wildman–Crippen MR) is 86.3 cm³/mol. The smallest absolute Gasteiger partial charge is 0.325 e. The third kappa shape index (κ3) is 4.50. The summed E-state index contributed by atoms with van der Waals surface area (Å²) in [6.45, 7) is 2.95.